The van der Waals surface area contributed by atoms with Crippen molar-refractivity contribution < 1.29 is 19.1 Å². The molecule has 0 saturated heterocycles. The first-order valence-corrected chi connectivity index (χ1v) is 10.2. The summed E-state index contributed by atoms with van der Waals surface area (Å²) in [5.74, 6) is -0.395. The van der Waals surface area contributed by atoms with E-state index in [2.05, 4.69) is 29.6 Å². The number of nitrogens with one attached hydrogen (secondary N) is 1. The number of rotatable bonds is 7. The van der Waals surface area contributed by atoms with Crippen molar-refractivity contribution in [1.82, 2.24) is 5.32 Å². The number of ether oxygens (including phenoxy) is 2. The van der Waals surface area contributed by atoms with Crippen LogP contribution in [0.2, 0.25) is 0 Å². The number of hydrogen-bond acceptors (Lipinski definition) is 4. The molecule has 0 aliphatic rings. The molecule has 0 aliphatic heterocycles. The van der Waals surface area contributed by atoms with Crippen molar-refractivity contribution in [2.45, 2.75) is 52.7 Å². The number of esters is 1. The first kappa shape index (κ1) is 23.2. The molecule has 5 nitrogen and oxygen atoms in total. The van der Waals surface area contributed by atoms with Gasteiger partial charge in [-0.05, 0) is 57.7 Å². The Balaban J connectivity index is 2.18. The van der Waals surface area contributed by atoms with Crippen LogP contribution in [0.1, 0.15) is 40.2 Å². The average Bonchev–Trinajstić information content (AvgIpc) is 2.68. The average molecular weight is 410 g/mol. The van der Waals surface area contributed by atoms with Gasteiger partial charge in [-0.3, -0.25) is 0 Å². The topological polar surface area (TPSA) is 64.6 Å². The molecule has 5 heteroatoms. The summed E-state index contributed by atoms with van der Waals surface area (Å²) in [4.78, 5) is 24.3. The van der Waals surface area contributed by atoms with Crippen LogP contribution in [0.15, 0.2) is 66.2 Å². The third kappa shape index (κ3) is 7.74. The monoisotopic (exact) mass is 409 g/mol. The van der Waals surface area contributed by atoms with Crippen LogP contribution in [0.4, 0.5) is 4.79 Å². The van der Waals surface area contributed by atoms with Crippen molar-refractivity contribution in [2.24, 2.45) is 0 Å². The van der Waals surface area contributed by atoms with E-state index in [1.54, 1.807) is 19.9 Å². The molecule has 2 aromatic rings. The van der Waals surface area contributed by atoms with E-state index in [4.69, 9.17) is 9.47 Å². The first-order valence-electron chi connectivity index (χ1n) is 10.2. The second-order valence-electron chi connectivity index (χ2n) is 8.09. The highest BCUT2D eigenvalue weighted by atomic mass is 16.6. The van der Waals surface area contributed by atoms with E-state index in [0.717, 1.165) is 16.7 Å². The van der Waals surface area contributed by atoms with Crippen molar-refractivity contribution in [3.63, 3.8) is 0 Å². The Labute approximate surface area is 179 Å². The van der Waals surface area contributed by atoms with Crippen molar-refractivity contribution in [3.8, 4) is 11.1 Å². The predicted octanol–water partition coefficient (Wildman–Crippen LogP) is 5.30. The third-order valence-electron chi connectivity index (χ3n) is 4.27. The largest absolute Gasteiger partial charge is 0.463 e. The molecule has 1 N–H and O–H groups in total. The lowest BCUT2D eigenvalue weighted by Gasteiger charge is -2.23. The van der Waals surface area contributed by atoms with E-state index < -0.39 is 23.7 Å². The maximum atomic E-state index is 12.3. The SMILES string of the molecule is CCOC(=O)/C(C)=C/[C@@H](Cc1ccc(-c2ccccc2)cc1)NC(=O)OC(C)(C)C. The number of amides is 1. The fourth-order valence-corrected chi connectivity index (χ4v) is 2.94. The summed E-state index contributed by atoms with van der Waals surface area (Å²) >= 11 is 0. The summed E-state index contributed by atoms with van der Waals surface area (Å²) in [6.45, 7) is 9.17. The summed E-state index contributed by atoms with van der Waals surface area (Å²) in [5.41, 5.74) is 3.13. The molecule has 0 heterocycles. The van der Waals surface area contributed by atoms with Gasteiger partial charge in [0.25, 0.3) is 0 Å². The Hall–Kier alpha value is -3.08. The minimum absolute atomic E-state index is 0.301. The van der Waals surface area contributed by atoms with Crippen molar-refractivity contribution >= 4 is 12.1 Å². The quantitative estimate of drug-likeness (QED) is 0.498. The number of hydrogen-bond donors (Lipinski definition) is 1. The Morgan fingerprint density at radius 1 is 1.00 bits per heavy atom. The molecule has 0 radical (unpaired) electrons. The van der Waals surface area contributed by atoms with Gasteiger partial charge in [-0.15, -0.1) is 0 Å². The molecular weight excluding hydrogens is 378 g/mol. The smallest absolute Gasteiger partial charge is 0.408 e. The molecule has 0 aromatic heterocycles. The van der Waals surface area contributed by atoms with Gasteiger partial charge < -0.3 is 14.8 Å². The lowest BCUT2D eigenvalue weighted by Crippen LogP contribution is -2.39. The molecular formula is C25H31NO4. The van der Waals surface area contributed by atoms with Gasteiger partial charge in [-0.25, -0.2) is 9.59 Å². The number of carbonyl (C=O) groups is 2. The Morgan fingerprint density at radius 2 is 1.60 bits per heavy atom. The molecule has 2 aromatic carbocycles. The van der Waals surface area contributed by atoms with E-state index in [9.17, 15) is 9.59 Å². The Kier molecular flexibility index (Phi) is 8.22. The summed E-state index contributed by atoms with van der Waals surface area (Å²) in [6, 6.07) is 17.9. The van der Waals surface area contributed by atoms with Gasteiger partial charge in [0.05, 0.1) is 12.6 Å². The predicted molar refractivity (Wildman–Crippen MR) is 119 cm³/mol. The normalized spacial score (nSPS) is 12.8. The lowest BCUT2D eigenvalue weighted by molar-refractivity contribution is -0.138. The lowest BCUT2D eigenvalue weighted by atomic mass is 10.00. The van der Waals surface area contributed by atoms with Gasteiger partial charge in [0, 0.05) is 5.57 Å². The van der Waals surface area contributed by atoms with Crippen LogP contribution >= 0.6 is 0 Å². The Morgan fingerprint density at radius 3 is 2.17 bits per heavy atom. The molecule has 0 unspecified atom stereocenters. The molecule has 0 spiro atoms. The molecule has 160 valence electrons. The van der Waals surface area contributed by atoms with E-state index in [1.807, 2.05) is 51.1 Å². The summed E-state index contributed by atoms with van der Waals surface area (Å²) in [6.07, 6.45) is 1.71. The standard InChI is InChI=1S/C25H31NO4/c1-6-29-23(27)18(2)16-22(26-24(28)30-25(3,4)5)17-19-12-14-21(15-13-19)20-10-8-7-9-11-20/h7-16,22H,6,17H2,1-5H3,(H,26,28)/b18-16+/t22-/m0/s1. The van der Waals surface area contributed by atoms with Crippen molar-refractivity contribution in [3.05, 3.63) is 71.8 Å². The maximum absolute atomic E-state index is 12.3. The zero-order valence-electron chi connectivity index (χ0n) is 18.4. The molecule has 0 bridgehead atoms. The van der Waals surface area contributed by atoms with Crippen LogP contribution in [0.25, 0.3) is 11.1 Å². The number of benzene rings is 2. The Bertz CT molecular complexity index is 864. The van der Waals surface area contributed by atoms with Crippen LogP contribution in [0.3, 0.4) is 0 Å². The minimum Gasteiger partial charge on any atom is -0.463 e. The van der Waals surface area contributed by atoms with E-state index in [-0.39, 0.29) is 0 Å². The second kappa shape index (κ2) is 10.6. The zero-order chi connectivity index (χ0) is 22.1. The molecule has 0 aliphatic carbocycles. The van der Waals surface area contributed by atoms with Crippen LogP contribution in [0.5, 0.6) is 0 Å². The van der Waals surface area contributed by atoms with Gasteiger partial charge in [-0.1, -0.05) is 60.7 Å². The van der Waals surface area contributed by atoms with E-state index >= 15 is 0 Å². The molecule has 2 rings (SSSR count). The summed E-state index contributed by atoms with van der Waals surface area (Å²) < 4.78 is 10.4. The fourth-order valence-electron chi connectivity index (χ4n) is 2.94. The van der Waals surface area contributed by atoms with Crippen LogP contribution in [0, 0.1) is 0 Å². The highest BCUT2D eigenvalue weighted by Gasteiger charge is 2.20. The molecule has 0 fully saturated rings. The van der Waals surface area contributed by atoms with Crippen LogP contribution < -0.4 is 5.32 Å². The zero-order valence-corrected chi connectivity index (χ0v) is 18.4. The van der Waals surface area contributed by atoms with Crippen LogP contribution in [-0.2, 0) is 20.7 Å². The number of alkyl carbamates (subject to hydrolysis) is 1. The van der Waals surface area contributed by atoms with Gasteiger partial charge in [0.1, 0.15) is 5.60 Å². The summed E-state index contributed by atoms with van der Waals surface area (Å²) in [5, 5.41) is 2.85. The van der Waals surface area contributed by atoms with Gasteiger partial charge in [0.15, 0.2) is 0 Å². The minimum atomic E-state index is -0.605. The molecule has 1 amide bonds. The maximum Gasteiger partial charge on any atom is 0.408 e. The number of carbonyl (C=O) groups excluding carboxylic acids is 2. The van der Waals surface area contributed by atoms with Crippen molar-refractivity contribution in [2.75, 3.05) is 6.61 Å². The third-order valence-corrected chi connectivity index (χ3v) is 4.27. The molecule has 1 atom stereocenters. The molecule has 30 heavy (non-hydrogen) atoms. The highest BCUT2D eigenvalue weighted by molar-refractivity contribution is 5.88. The van der Waals surface area contributed by atoms with E-state index in [1.165, 1.54) is 0 Å². The van der Waals surface area contributed by atoms with Gasteiger partial charge in [-0.2, -0.15) is 0 Å². The second-order valence-corrected chi connectivity index (χ2v) is 8.09. The van der Waals surface area contributed by atoms with E-state index in [0.29, 0.717) is 18.6 Å². The van der Waals surface area contributed by atoms with Gasteiger partial charge >= 0.3 is 12.1 Å². The highest BCUT2D eigenvalue weighted by Crippen LogP contribution is 2.20. The fraction of sp³-hybridized carbons (Fsp3) is 0.360. The summed E-state index contributed by atoms with van der Waals surface area (Å²) in [7, 11) is 0. The van der Waals surface area contributed by atoms with Crippen LogP contribution in [-0.4, -0.2) is 30.3 Å². The van der Waals surface area contributed by atoms with Crippen molar-refractivity contribution in [1.29, 1.82) is 0 Å². The first-order chi connectivity index (χ1) is 14.2. The molecule has 0 saturated carbocycles. The van der Waals surface area contributed by atoms with Gasteiger partial charge in [0.2, 0.25) is 0 Å².